The Balaban J connectivity index is 1.57. The fourth-order valence-corrected chi connectivity index (χ4v) is 2.93. The summed E-state index contributed by atoms with van der Waals surface area (Å²) in [5.41, 5.74) is 1.19. The number of nitro benzene ring substituents is 1. The highest BCUT2D eigenvalue weighted by molar-refractivity contribution is 6.34. The van der Waals surface area contributed by atoms with Crippen LogP contribution >= 0.6 is 11.6 Å². The van der Waals surface area contributed by atoms with Gasteiger partial charge in [-0.15, -0.1) is 0 Å². The Kier molecular flexibility index (Phi) is 5.78. The van der Waals surface area contributed by atoms with Crippen molar-refractivity contribution in [3.8, 4) is 11.5 Å². The number of rotatable bonds is 6. The van der Waals surface area contributed by atoms with Gasteiger partial charge < -0.3 is 14.8 Å². The Morgan fingerprint density at radius 2 is 1.96 bits per heavy atom. The summed E-state index contributed by atoms with van der Waals surface area (Å²) >= 11 is 5.99. The van der Waals surface area contributed by atoms with Crippen LogP contribution in [0.5, 0.6) is 11.5 Å². The van der Waals surface area contributed by atoms with Gasteiger partial charge in [0.1, 0.15) is 13.2 Å². The van der Waals surface area contributed by atoms with E-state index in [4.69, 9.17) is 21.1 Å². The molecule has 2 aromatic carbocycles. The third-order valence-electron chi connectivity index (χ3n) is 3.91. The fourth-order valence-electron chi connectivity index (χ4n) is 2.71. The molecule has 0 bridgehead atoms. The van der Waals surface area contributed by atoms with Gasteiger partial charge in [-0.05, 0) is 30.8 Å². The lowest BCUT2D eigenvalue weighted by Gasteiger charge is -2.21. The van der Waals surface area contributed by atoms with Gasteiger partial charge in [0.2, 0.25) is 5.91 Å². The van der Waals surface area contributed by atoms with Gasteiger partial charge in [-0.25, -0.2) is 0 Å². The molecule has 0 spiro atoms. The smallest absolute Gasteiger partial charge is 0.271 e. The van der Waals surface area contributed by atoms with Crippen molar-refractivity contribution in [2.45, 2.75) is 6.54 Å². The Morgan fingerprint density at radius 1 is 1.22 bits per heavy atom. The number of hydrogen-bond acceptors (Lipinski definition) is 6. The summed E-state index contributed by atoms with van der Waals surface area (Å²) in [6.45, 7) is 1.72. The molecule has 0 radical (unpaired) electrons. The molecule has 142 valence electrons. The monoisotopic (exact) mass is 391 g/mol. The average molecular weight is 392 g/mol. The van der Waals surface area contributed by atoms with Gasteiger partial charge in [-0.2, -0.15) is 0 Å². The minimum absolute atomic E-state index is 0.118. The van der Waals surface area contributed by atoms with Crippen LogP contribution in [0.2, 0.25) is 5.02 Å². The van der Waals surface area contributed by atoms with Crippen molar-refractivity contribution in [3.05, 3.63) is 57.1 Å². The first-order chi connectivity index (χ1) is 12.9. The van der Waals surface area contributed by atoms with Gasteiger partial charge >= 0.3 is 0 Å². The number of ether oxygens (including phenoxy) is 2. The SMILES string of the molecule is CN(CC(=O)Nc1ccc([N+](=O)[O-])cc1Cl)Cc1ccc2c(c1)OCCO2. The fraction of sp³-hybridized carbons (Fsp3) is 0.278. The van der Waals surface area contributed by atoms with Crippen molar-refractivity contribution in [1.82, 2.24) is 4.90 Å². The van der Waals surface area contributed by atoms with Crippen molar-refractivity contribution in [2.24, 2.45) is 0 Å². The highest BCUT2D eigenvalue weighted by atomic mass is 35.5. The van der Waals surface area contributed by atoms with Crippen LogP contribution in [-0.4, -0.2) is 42.5 Å². The molecule has 0 aliphatic carbocycles. The van der Waals surface area contributed by atoms with Crippen LogP contribution in [0.4, 0.5) is 11.4 Å². The van der Waals surface area contributed by atoms with Crippen LogP contribution in [0.25, 0.3) is 0 Å². The topological polar surface area (TPSA) is 93.9 Å². The van der Waals surface area contributed by atoms with Gasteiger partial charge in [0.25, 0.3) is 5.69 Å². The molecule has 27 heavy (non-hydrogen) atoms. The quantitative estimate of drug-likeness (QED) is 0.600. The number of hydrogen-bond donors (Lipinski definition) is 1. The number of fused-ring (bicyclic) bond motifs is 1. The van der Waals surface area contributed by atoms with Crippen molar-refractivity contribution in [3.63, 3.8) is 0 Å². The van der Waals surface area contributed by atoms with E-state index in [1.54, 1.807) is 0 Å². The van der Waals surface area contributed by atoms with Gasteiger partial charge in [0, 0.05) is 18.7 Å². The van der Waals surface area contributed by atoms with Gasteiger partial charge in [-0.3, -0.25) is 19.8 Å². The van der Waals surface area contributed by atoms with Crippen LogP contribution in [0, 0.1) is 10.1 Å². The maximum Gasteiger partial charge on any atom is 0.271 e. The van der Waals surface area contributed by atoms with Crippen LogP contribution in [0.1, 0.15) is 5.56 Å². The number of non-ortho nitro benzene ring substituents is 1. The van der Waals surface area contributed by atoms with E-state index in [2.05, 4.69) is 5.32 Å². The molecule has 1 aliphatic heterocycles. The number of carbonyl (C=O) groups excluding carboxylic acids is 1. The highest BCUT2D eigenvalue weighted by Crippen LogP contribution is 2.31. The first-order valence-corrected chi connectivity index (χ1v) is 8.61. The number of anilines is 1. The number of benzene rings is 2. The molecule has 2 aromatic rings. The summed E-state index contributed by atoms with van der Waals surface area (Å²) in [6.07, 6.45) is 0. The molecule has 9 heteroatoms. The molecule has 8 nitrogen and oxygen atoms in total. The summed E-state index contributed by atoms with van der Waals surface area (Å²) in [7, 11) is 1.81. The van der Waals surface area contributed by atoms with Crippen molar-refractivity contribution >= 4 is 28.9 Å². The van der Waals surface area contributed by atoms with E-state index in [0.29, 0.717) is 31.2 Å². The van der Waals surface area contributed by atoms with Crippen molar-refractivity contribution in [2.75, 3.05) is 32.1 Å². The second-order valence-corrected chi connectivity index (χ2v) is 6.53. The van der Waals surface area contributed by atoms with E-state index in [1.807, 2.05) is 30.1 Å². The summed E-state index contributed by atoms with van der Waals surface area (Å²) < 4.78 is 11.1. The third kappa shape index (κ3) is 4.87. The predicted molar refractivity (Wildman–Crippen MR) is 101 cm³/mol. The normalized spacial score (nSPS) is 12.7. The average Bonchev–Trinajstić information content (AvgIpc) is 2.63. The van der Waals surface area contributed by atoms with Gasteiger partial charge in [0.05, 0.1) is 22.2 Å². The lowest BCUT2D eigenvalue weighted by atomic mass is 10.2. The Morgan fingerprint density at radius 3 is 2.67 bits per heavy atom. The van der Waals surface area contributed by atoms with E-state index in [1.165, 1.54) is 18.2 Å². The maximum absolute atomic E-state index is 12.2. The van der Waals surface area contributed by atoms with E-state index in [9.17, 15) is 14.9 Å². The molecule has 0 atom stereocenters. The molecular formula is C18H18ClN3O5. The van der Waals surface area contributed by atoms with E-state index < -0.39 is 4.92 Å². The number of likely N-dealkylation sites (N-methyl/N-ethyl adjacent to an activating group) is 1. The number of carbonyl (C=O) groups is 1. The van der Waals surface area contributed by atoms with E-state index in [0.717, 1.165) is 11.3 Å². The first kappa shape index (κ1) is 18.9. The standard InChI is InChI=1S/C18H18ClN3O5/c1-21(10-12-2-5-16-17(8-12)27-7-6-26-16)11-18(23)20-15-4-3-13(22(24)25)9-14(15)19/h2-5,8-9H,6-7,10-11H2,1H3,(H,20,23). The minimum atomic E-state index is -0.543. The molecule has 1 N–H and O–H groups in total. The third-order valence-corrected chi connectivity index (χ3v) is 4.22. The zero-order chi connectivity index (χ0) is 19.4. The highest BCUT2D eigenvalue weighted by Gasteiger charge is 2.15. The number of nitrogens with one attached hydrogen (secondary N) is 1. The number of nitro groups is 1. The maximum atomic E-state index is 12.2. The van der Waals surface area contributed by atoms with Crippen LogP contribution in [-0.2, 0) is 11.3 Å². The lowest BCUT2D eigenvalue weighted by Crippen LogP contribution is -2.30. The molecule has 0 fully saturated rings. The minimum Gasteiger partial charge on any atom is -0.486 e. The molecule has 1 aliphatic rings. The van der Waals surface area contributed by atoms with E-state index in [-0.39, 0.29) is 23.2 Å². The summed E-state index contributed by atoms with van der Waals surface area (Å²) in [5, 5.41) is 13.5. The summed E-state index contributed by atoms with van der Waals surface area (Å²) in [4.78, 5) is 24.2. The second-order valence-electron chi connectivity index (χ2n) is 6.12. The Labute approximate surface area is 160 Å². The van der Waals surface area contributed by atoms with Crippen LogP contribution in [0.3, 0.4) is 0 Å². The number of nitrogens with zero attached hydrogens (tertiary/aromatic N) is 2. The Bertz CT molecular complexity index is 874. The molecule has 0 aromatic heterocycles. The summed E-state index contributed by atoms with van der Waals surface area (Å²) in [5.74, 6) is 1.15. The number of halogens is 1. The molecule has 1 amide bonds. The largest absolute Gasteiger partial charge is 0.486 e. The zero-order valence-corrected chi connectivity index (χ0v) is 15.4. The zero-order valence-electron chi connectivity index (χ0n) is 14.6. The molecule has 3 rings (SSSR count). The van der Waals surface area contributed by atoms with Crippen molar-refractivity contribution < 1.29 is 19.2 Å². The lowest BCUT2D eigenvalue weighted by molar-refractivity contribution is -0.384. The molecule has 0 saturated heterocycles. The Hall–Kier alpha value is -2.84. The van der Waals surface area contributed by atoms with Crippen LogP contribution in [0.15, 0.2) is 36.4 Å². The molecule has 1 heterocycles. The molecule has 0 saturated carbocycles. The van der Waals surface area contributed by atoms with Gasteiger partial charge in [-0.1, -0.05) is 17.7 Å². The molecular weight excluding hydrogens is 374 g/mol. The van der Waals surface area contributed by atoms with E-state index >= 15 is 0 Å². The van der Waals surface area contributed by atoms with Gasteiger partial charge in [0.15, 0.2) is 11.5 Å². The predicted octanol–water partition coefficient (Wildman–Crippen LogP) is 3.09. The summed E-state index contributed by atoms with van der Waals surface area (Å²) in [6, 6.07) is 9.59. The molecule has 0 unspecified atom stereocenters. The number of amides is 1. The first-order valence-electron chi connectivity index (χ1n) is 8.23. The van der Waals surface area contributed by atoms with Crippen molar-refractivity contribution in [1.29, 1.82) is 0 Å². The second kappa shape index (κ2) is 8.24. The van der Waals surface area contributed by atoms with Crippen LogP contribution < -0.4 is 14.8 Å².